The highest BCUT2D eigenvalue weighted by Crippen LogP contribution is 2.10. The highest BCUT2D eigenvalue weighted by atomic mass is 15.2. The summed E-state index contributed by atoms with van der Waals surface area (Å²) in [6, 6.07) is 0.502. The zero-order valence-corrected chi connectivity index (χ0v) is 8.29. The van der Waals surface area contributed by atoms with Crippen molar-refractivity contribution in [1.29, 1.82) is 0 Å². The van der Waals surface area contributed by atoms with Gasteiger partial charge in [-0.1, -0.05) is 12.2 Å². The fraction of sp³-hybridized carbons (Fsp3) is 0.636. The first-order valence-electron chi connectivity index (χ1n) is 5.21. The Balaban J connectivity index is 1.86. The first-order valence-corrected chi connectivity index (χ1v) is 5.21. The van der Waals surface area contributed by atoms with E-state index in [1.54, 1.807) is 0 Å². The zero-order valence-electron chi connectivity index (χ0n) is 8.29. The van der Waals surface area contributed by atoms with Crippen LogP contribution in [0.1, 0.15) is 19.8 Å². The topological polar surface area (TPSA) is 15.3 Å². The van der Waals surface area contributed by atoms with Crippen LogP contribution in [0.4, 0.5) is 0 Å². The van der Waals surface area contributed by atoms with E-state index >= 15 is 0 Å². The molecule has 0 amide bonds. The lowest BCUT2D eigenvalue weighted by Gasteiger charge is -2.22. The average Bonchev–Trinajstić information content (AvgIpc) is 2.57. The van der Waals surface area contributed by atoms with E-state index in [1.807, 2.05) is 0 Å². The molecule has 0 aromatic rings. The number of hydrogen-bond donors (Lipinski definition) is 1. The Kier molecular flexibility index (Phi) is 2.69. The average molecular weight is 178 g/mol. The fourth-order valence-corrected chi connectivity index (χ4v) is 2.01. The van der Waals surface area contributed by atoms with Gasteiger partial charge in [0, 0.05) is 18.3 Å². The van der Waals surface area contributed by atoms with Crippen LogP contribution in [0.15, 0.2) is 23.9 Å². The molecule has 2 heteroatoms. The molecule has 0 aromatic carbocycles. The molecule has 1 saturated heterocycles. The van der Waals surface area contributed by atoms with Crippen LogP contribution >= 0.6 is 0 Å². The third kappa shape index (κ3) is 2.34. The SMILES string of the molecule is CC1C=CC=C(CN2CCCC2)N1. The zero-order chi connectivity index (χ0) is 9.10. The van der Waals surface area contributed by atoms with E-state index in [0.29, 0.717) is 6.04 Å². The summed E-state index contributed by atoms with van der Waals surface area (Å²) in [5, 5.41) is 3.48. The van der Waals surface area contributed by atoms with E-state index in [9.17, 15) is 0 Å². The predicted molar refractivity (Wildman–Crippen MR) is 55.5 cm³/mol. The van der Waals surface area contributed by atoms with Gasteiger partial charge < -0.3 is 5.32 Å². The molecule has 2 nitrogen and oxygen atoms in total. The van der Waals surface area contributed by atoms with Gasteiger partial charge in [0.05, 0.1) is 0 Å². The second-order valence-electron chi connectivity index (χ2n) is 3.99. The lowest BCUT2D eigenvalue weighted by molar-refractivity contribution is 0.358. The minimum atomic E-state index is 0.502. The molecule has 0 bridgehead atoms. The molecule has 2 heterocycles. The molecule has 2 aliphatic rings. The van der Waals surface area contributed by atoms with Gasteiger partial charge in [-0.15, -0.1) is 0 Å². The van der Waals surface area contributed by atoms with E-state index in [0.717, 1.165) is 6.54 Å². The molecular formula is C11H18N2. The maximum absolute atomic E-state index is 3.48. The van der Waals surface area contributed by atoms with Gasteiger partial charge in [0.1, 0.15) is 0 Å². The van der Waals surface area contributed by atoms with Crippen molar-refractivity contribution in [2.24, 2.45) is 0 Å². The van der Waals surface area contributed by atoms with Gasteiger partial charge in [0.15, 0.2) is 0 Å². The molecule has 1 N–H and O–H groups in total. The Morgan fingerprint density at radius 2 is 2.23 bits per heavy atom. The molecular weight excluding hydrogens is 160 g/mol. The Bertz CT molecular complexity index is 224. The van der Waals surface area contributed by atoms with Crippen molar-refractivity contribution in [1.82, 2.24) is 10.2 Å². The molecule has 0 spiro atoms. The van der Waals surface area contributed by atoms with Gasteiger partial charge in [-0.25, -0.2) is 0 Å². The minimum Gasteiger partial charge on any atom is -0.381 e. The second kappa shape index (κ2) is 3.97. The Hall–Kier alpha value is -0.760. The van der Waals surface area contributed by atoms with E-state index in [4.69, 9.17) is 0 Å². The summed E-state index contributed by atoms with van der Waals surface area (Å²) < 4.78 is 0. The summed E-state index contributed by atoms with van der Waals surface area (Å²) >= 11 is 0. The number of nitrogens with zero attached hydrogens (tertiary/aromatic N) is 1. The van der Waals surface area contributed by atoms with Crippen molar-refractivity contribution in [3.63, 3.8) is 0 Å². The first-order chi connectivity index (χ1) is 6.34. The lowest BCUT2D eigenvalue weighted by atomic mass is 10.2. The number of nitrogens with one attached hydrogen (secondary N) is 1. The van der Waals surface area contributed by atoms with E-state index in [-0.39, 0.29) is 0 Å². The van der Waals surface area contributed by atoms with Crippen LogP contribution in [0.2, 0.25) is 0 Å². The molecule has 0 radical (unpaired) electrons. The van der Waals surface area contributed by atoms with Crippen molar-refractivity contribution in [3.05, 3.63) is 23.9 Å². The van der Waals surface area contributed by atoms with Crippen molar-refractivity contribution in [3.8, 4) is 0 Å². The van der Waals surface area contributed by atoms with E-state index in [1.165, 1.54) is 31.6 Å². The molecule has 2 rings (SSSR count). The molecule has 0 aliphatic carbocycles. The Morgan fingerprint density at radius 1 is 1.46 bits per heavy atom. The maximum atomic E-state index is 3.48. The van der Waals surface area contributed by atoms with E-state index in [2.05, 4.69) is 35.4 Å². The smallest absolute Gasteiger partial charge is 0.0416 e. The molecule has 1 fully saturated rings. The van der Waals surface area contributed by atoms with E-state index < -0.39 is 0 Å². The van der Waals surface area contributed by atoms with Crippen molar-refractivity contribution in [2.75, 3.05) is 19.6 Å². The molecule has 72 valence electrons. The standard InChI is InChI=1S/C11H18N2/c1-10-5-4-6-11(12-10)9-13-7-2-3-8-13/h4-6,10,12H,2-3,7-9H2,1H3. The highest BCUT2D eigenvalue weighted by Gasteiger charge is 2.14. The number of likely N-dealkylation sites (tertiary alicyclic amines) is 1. The summed E-state index contributed by atoms with van der Waals surface area (Å²) in [4.78, 5) is 2.52. The van der Waals surface area contributed by atoms with Crippen LogP contribution < -0.4 is 5.32 Å². The second-order valence-corrected chi connectivity index (χ2v) is 3.99. The van der Waals surface area contributed by atoms with Crippen molar-refractivity contribution < 1.29 is 0 Å². The van der Waals surface area contributed by atoms with Gasteiger partial charge in [-0.05, 0) is 38.9 Å². The summed E-state index contributed by atoms with van der Waals surface area (Å²) in [6.07, 6.45) is 9.29. The number of dihydropyridines is 1. The summed E-state index contributed by atoms with van der Waals surface area (Å²) in [7, 11) is 0. The third-order valence-electron chi connectivity index (χ3n) is 2.70. The van der Waals surface area contributed by atoms with Gasteiger partial charge >= 0.3 is 0 Å². The summed E-state index contributed by atoms with van der Waals surface area (Å²) in [5.41, 5.74) is 1.37. The third-order valence-corrected chi connectivity index (χ3v) is 2.70. The highest BCUT2D eigenvalue weighted by molar-refractivity contribution is 5.20. The van der Waals surface area contributed by atoms with Gasteiger partial charge in [0.2, 0.25) is 0 Å². The largest absolute Gasteiger partial charge is 0.381 e. The van der Waals surface area contributed by atoms with Crippen molar-refractivity contribution in [2.45, 2.75) is 25.8 Å². The van der Waals surface area contributed by atoms with Crippen LogP contribution in [0.25, 0.3) is 0 Å². The molecule has 13 heavy (non-hydrogen) atoms. The molecule has 1 unspecified atom stereocenters. The summed E-state index contributed by atoms with van der Waals surface area (Å²) in [6.45, 7) is 5.84. The van der Waals surface area contributed by atoms with Crippen LogP contribution in [-0.2, 0) is 0 Å². The summed E-state index contributed by atoms with van der Waals surface area (Å²) in [5.74, 6) is 0. The predicted octanol–water partition coefficient (Wildman–Crippen LogP) is 1.51. The minimum absolute atomic E-state index is 0.502. The maximum Gasteiger partial charge on any atom is 0.0416 e. The van der Waals surface area contributed by atoms with Crippen LogP contribution in [0.5, 0.6) is 0 Å². The monoisotopic (exact) mass is 178 g/mol. The van der Waals surface area contributed by atoms with Gasteiger partial charge in [-0.3, -0.25) is 4.90 Å². The first kappa shape index (κ1) is 8.82. The lowest BCUT2D eigenvalue weighted by Crippen LogP contribution is -2.33. The molecule has 0 aromatic heterocycles. The van der Waals surface area contributed by atoms with Gasteiger partial charge in [-0.2, -0.15) is 0 Å². The molecule has 2 aliphatic heterocycles. The van der Waals surface area contributed by atoms with Gasteiger partial charge in [0.25, 0.3) is 0 Å². The van der Waals surface area contributed by atoms with Crippen LogP contribution in [0, 0.1) is 0 Å². The number of rotatable bonds is 2. The Morgan fingerprint density at radius 3 is 2.92 bits per heavy atom. The molecule has 0 saturated carbocycles. The fourth-order valence-electron chi connectivity index (χ4n) is 2.01. The number of allylic oxidation sites excluding steroid dienone is 2. The quantitative estimate of drug-likeness (QED) is 0.689. The van der Waals surface area contributed by atoms with Crippen LogP contribution in [0.3, 0.4) is 0 Å². The molecule has 1 atom stereocenters. The number of hydrogen-bond acceptors (Lipinski definition) is 2. The Labute approximate surface area is 80.3 Å². The normalized spacial score (nSPS) is 28.7. The van der Waals surface area contributed by atoms with Crippen molar-refractivity contribution >= 4 is 0 Å². The van der Waals surface area contributed by atoms with Crippen LogP contribution in [-0.4, -0.2) is 30.6 Å².